The molecule has 1 amide bonds. The van der Waals surface area contributed by atoms with Crippen LogP contribution in [-0.4, -0.2) is 48.4 Å². The zero-order chi connectivity index (χ0) is 30.8. The minimum absolute atomic E-state index is 0.0319. The third kappa shape index (κ3) is 28.9. The van der Waals surface area contributed by atoms with Crippen LogP contribution in [0.1, 0.15) is 130 Å². The van der Waals surface area contributed by atoms with Gasteiger partial charge in [-0.3, -0.25) is 0 Å². The number of phosphoric ester groups is 1. The molecule has 0 radical (unpaired) electrons. The van der Waals surface area contributed by atoms with Crippen LogP contribution in [0.2, 0.25) is 10.7 Å². The standard InChI is InChI=1S/C17H35.C12H21NO8P.Co.O/c1-3-5-7-9-11-13-15-17-16-14-12-10-8-6-4-2;1-9(14)4-5-12(16)13-6-7-19-22(17,18)20-8-10(2)21-11(3)15;;/h1,3-17H2,2H3;10H,2,4-8H2,1,3H3,(H,13,16)(H,17,18);;. The fourth-order valence-corrected chi connectivity index (χ4v) is 6.48. The first kappa shape index (κ1) is 40.0. The van der Waals surface area contributed by atoms with E-state index in [4.69, 9.17) is 13.8 Å². The van der Waals surface area contributed by atoms with E-state index < -0.39 is 40.1 Å². The van der Waals surface area contributed by atoms with E-state index in [1.807, 2.05) is 0 Å². The zero-order valence-corrected chi connectivity index (χ0v) is 27.6. The molecule has 0 aromatic heterocycles. The number of unbranched alkanes of at least 4 members (excludes halogenated alkanes) is 14. The Morgan fingerprint density at radius 1 is 0.805 bits per heavy atom. The molecular weight excluding hydrogens is 596 g/mol. The molecule has 41 heavy (non-hydrogen) atoms. The molecule has 0 bridgehead atoms. The summed E-state index contributed by atoms with van der Waals surface area (Å²) in [6.07, 6.45) is 18.0. The first-order valence-electron chi connectivity index (χ1n) is 15.3. The molecule has 2 atom stereocenters. The Morgan fingerprint density at radius 3 is 1.80 bits per heavy atom. The summed E-state index contributed by atoms with van der Waals surface area (Å²) >= 11 is -1.64. The van der Waals surface area contributed by atoms with Gasteiger partial charge in [-0.05, 0) is 6.92 Å². The normalized spacial score (nSPS) is 13.8. The third-order valence-electron chi connectivity index (χ3n) is 6.35. The van der Waals surface area contributed by atoms with Crippen LogP contribution < -0.4 is 5.32 Å². The topological polar surface area (TPSA) is 145 Å². The quantitative estimate of drug-likeness (QED) is 0.0486. The number of carbonyl (C=O) groups is 3. The average molecular weight is 653 g/mol. The fraction of sp³-hybridized carbons (Fsp3) is 0.897. The number of hydrogen-bond acceptors (Lipinski definition) is 8. The maximum absolute atomic E-state index is 12.5. The molecule has 12 heteroatoms. The second-order valence-electron chi connectivity index (χ2n) is 10.5. The number of amides is 1. The Kier molecular flexibility index (Phi) is 26.0. The number of carbonyl (C=O) groups excluding carboxylic acids is 3. The van der Waals surface area contributed by atoms with Crippen LogP contribution >= 0.6 is 7.82 Å². The van der Waals surface area contributed by atoms with E-state index in [-0.39, 0.29) is 43.0 Å². The van der Waals surface area contributed by atoms with Gasteiger partial charge >= 0.3 is 202 Å². The second kappa shape index (κ2) is 26.6. The summed E-state index contributed by atoms with van der Waals surface area (Å²) < 4.78 is 39.5. The van der Waals surface area contributed by atoms with Crippen LogP contribution in [-0.2, 0) is 50.2 Å². The van der Waals surface area contributed by atoms with Gasteiger partial charge in [0.15, 0.2) is 0 Å². The summed E-state index contributed by atoms with van der Waals surface area (Å²) in [5, 5.41) is 3.01. The molecule has 0 rings (SSSR count). The molecule has 2 N–H and O–H groups in total. The molecule has 0 aliphatic rings. The van der Waals surface area contributed by atoms with Gasteiger partial charge in [-0.2, -0.15) is 0 Å². The van der Waals surface area contributed by atoms with E-state index in [1.54, 1.807) is 0 Å². The van der Waals surface area contributed by atoms with Crippen molar-refractivity contribution in [1.82, 2.24) is 5.32 Å². The van der Waals surface area contributed by atoms with Crippen LogP contribution in [0.3, 0.4) is 0 Å². The number of esters is 1. The molecule has 0 aliphatic heterocycles. The number of ketones is 1. The molecule has 0 spiro atoms. The van der Waals surface area contributed by atoms with Gasteiger partial charge in [-0.15, -0.1) is 0 Å². The van der Waals surface area contributed by atoms with Crippen LogP contribution in [0.4, 0.5) is 0 Å². The van der Waals surface area contributed by atoms with Gasteiger partial charge in [0.2, 0.25) is 0 Å². The molecule has 0 saturated heterocycles. The SMILES string of the molecule is CCCCCCCCCCCCCCCC[CH2][Co](=[O])[CH2]C(COP(=O)(O)OCCNC(=O)CCC(C)=O)OC(C)=O. The van der Waals surface area contributed by atoms with Crippen molar-refractivity contribution in [3.63, 3.8) is 0 Å². The number of phosphoric acid groups is 1. The fourth-order valence-electron chi connectivity index (χ4n) is 4.10. The van der Waals surface area contributed by atoms with E-state index >= 15 is 0 Å². The molecule has 0 aliphatic carbocycles. The Bertz CT molecular complexity index is 781. The monoisotopic (exact) mass is 652 g/mol. The van der Waals surface area contributed by atoms with E-state index in [9.17, 15) is 27.7 Å². The average Bonchev–Trinajstić information content (AvgIpc) is 2.90. The summed E-state index contributed by atoms with van der Waals surface area (Å²) in [5.41, 5.74) is 0. The summed E-state index contributed by atoms with van der Waals surface area (Å²) in [6.45, 7) is 4.08. The van der Waals surface area contributed by atoms with Gasteiger partial charge in [0.1, 0.15) is 5.78 Å². The van der Waals surface area contributed by atoms with E-state index in [0.29, 0.717) is 5.36 Å². The summed E-state index contributed by atoms with van der Waals surface area (Å²) in [6, 6.07) is 0. The number of rotatable bonds is 29. The summed E-state index contributed by atoms with van der Waals surface area (Å²) in [4.78, 5) is 43.8. The van der Waals surface area contributed by atoms with Gasteiger partial charge < -0.3 is 4.79 Å². The van der Waals surface area contributed by atoms with Gasteiger partial charge in [0, 0.05) is 0 Å². The van der Waals surface area contributed by atoms with Crippen molar-refractivity contribution >= 4 is 25.5 Å². The molecule has 245 valence electrons. The first-order chi connectivity index (χ1) is 19.6. The van der Waals surface area contributed by atoms with Crippen molar-refractivity contribution in [2.45, 2.75) is 147 Å². The molecule has 0 heterocycles. The van der Waals surface area contributed by atoms with E-state index in [1.165, 1.54) is 90.9 Å². The number of nitrogens with one attached hydrogen (secondary N) is 1. The summed E-state index contributed by atoms with van der Waals surface area (Å²) in [5.74, 6) is -1.08. The van der Waals surface area contributed by atoms with Crippen molar-refractivity contribution in [3.8, 4) is 0 Å². The predicted octanol–water partition coefficient (Wildman–Crippen LogP) is 7.21. The maximum atomic E-state index is 12.5. The van der Waals surface area contributed by atoms with Crippen LogP contribution in [0.5, 0.6) is 0 Å². The molecule has 0 aromatic carbocycles. The Labute approximate surface area is 252 Å². The van der Waals surface area contributed by atoms with Crippen molar-refractivity contribution in [2.24, 2.45) is 0 Å². The Balaban J connectivity index is 3.98. The van der Waals surface area contributed by atoms with E-state index in [2.05, 4.69) is 12.2 Å². The Morgan fingerprint density at radius 2 is 1.32 bits per heavy atom. The minimum atomic E-state index is -4.47. The van der Waals surface area contributed by atoms with Crippen molar-refractivity contribution in [2.75, 3.05) is 19.8 Å². The number of Topliss-reactive ketones (excluding diaryl/α,β-unsaturated/α-hetero) is 1. The molecule has 0 saturated carbocycles. The third-order valence-corrected chi connectivity index (χ3v) is 9.23. The van der Waals surface area contributed by atoms with Gasteiger partial charge in [0.05, 0.1) is 0 Å². The van der Waals surface area contributed by atoms with Crippen LogP contribution in [0.15, 0.2) is 0 Å². The van der Waals surface area contributed by atoms with E-state index in [0.717, 1.165) is 19.3 Å². The molecular formula is C29H56CoNO9P. The summed E-state index contributed by atoms with van der Waals surface area (Å²) in [7, 11) is -4.47. The number of hydrogen-bond donors (Lipinski definition) is 2. The second-order valence-corrected chi connectivity index (χ2v) is 14.0. The van der Waals surface area contributed by atoms with Gasteiger partial charge in [-0.25, -0.2) is 0 Å². The predicted molar refractivity (Wildman–Crippen MR) is 155 cm³/mol. The van der Waals surface area contributed by atoms with Crippen LogP contribution in [0.25, 0.3) is 0 Å². The van der Waals surface area contributed by atoms with Gasteiger partial charge in [0.25, 0.3) is 0 Å². The van der Waals surface area contributed by atoms with Crippen molar-refractivity contribution in [3.05, 3.63) is 0 Å². The zero-order valence-electron chi connectivity index (χ0n) is 25.6. The number of ether oxygens (including phenoxy) is 1. The molecule has 0 aromatic rings. The Hall–Kier alpha value is -0.974. The van der Waals surface area contributed by atoms with Crippen molar-refractivity contribution < 1.29 is 55.1 Å². The van der Waals surface area contributed by atoms with Gasteiger partial charge in [-0.1, -0.05) is 32.6 Å². The molecule has 0 fully saturated rings. The first-order valence-corrected chi connectivity index (χ1v) is 18.7. The molecule has 10 nitrogen and oxygen atoms in total. The van der Waals surface area contributed by atoms with Crippen LogP contribution in [0, 0.1) is 0 Å². The molecule has 2 unspecified atom stereocenters. The van der Waals surface area contributed by atoms with Crippen molar-refractivity contribution in [1.29, 1.82) is 0 Å².